The molecule has 2 heterocycles. The molecule has 1 aromatic heterocycles. The number of aryl methyl sites for hydroxylation is 1. The Hall–Kier alpha value is -2.90. The number of pyridine rings is 1. The predicted molar refractivity (Wildman–Crippen MR) is 78.7 cm³/mol. The summed E-state index contributed by atoms with van der Waals surface area (Å²) in [6.07, 6.45) is 0.880. The maximum Gasteiger partial charge on any atom is 0.270 e. The standard InChI is InChI=1S/C16H12F3N3O2/c17-9-5-11(18)10(12(19)6-9)7-20-16(24)13-3-1-8-2-4-14(23)22-15(8)21-13/h1,3,5-6H,2,4,7H2,(H,20,24)(H,21,22,23). The number of anilines is 1. The molecule has 1 aliphatic heterocycles. The van der Waals surface area contributed by atoms with E-state index in [-0.39, 0.29) is 11.6 Å². The highest BCUT2D eigenvalue weighted by Crippen LogP contribution is 2.20. The van der Waals surface area contributed by atoms with Crippen LogP contribution in [0.15, 0.2) is 24.3 Å². The summed E-state index contributed by atoms with van der Waals surface area (Å²) in [5.41, 5.74) is 0.358. The number of nitrogens with zero attached hydrogens (tertiary/aromatic N) is 1. The van der Waals surface area contributed by atoms with E-state index in [0.29, 0.717) is 30.8 Å². The van der Waals surface area contributed by atoms with Gasteiger partial charge in [0.05, 0.1) is 0 Å². The molecule has 0 bridgehead atoms. The fraction of sp³-hybridized carbons (Fsp3) is 0.188. The van der Waals surface area contributed by atoms with Gasteiger partial charge in [-0.05, 0) is 18.1 Å². The lowest BCUT2D eigenvalue weighted by Crippen LogP contribution is -2.27. The molecule has 0 saturated heterocycles. The highest BCUT2D eigenvalue weighted by Gasteiger charge is 2.19. The summed E-state index contributed by atoms with van der Waals surface area (Å²) in [4.78, 5) is 27.5. The van der Waals surface area contributed by atoms with Crippen LogP contribution in [0.3, 0.4) is 0 Å². The van der Waals surface area contributed by atoms with Crippen molar-refractivity contribution in [2.45, 2.75) is 19.4 Å². The number of nitrogens with one attached hydrogen (secondary N) is 2. The van der Waals surface area contributed by atoms with Crippen LogP contribution in [-0.4, -0.2) is 16.8 Å². The van der Waals surface area contributed by atoms with Crippen LogP contribution in [-0.2, 0) is 17.8 Å². The van der Waals surface area contributed by atoms with Gasteiger partial charge in [-0.2, -0.15) is 0 Å². The molecule has 0 fully saturated rings. The summed E-state index contributed by atoms with van der Waals surface area (Å²) >= 11 is 0. The molecule has 0 saturated carbocycles. The first-order chi connectivity index (χ1) is 11.4. The van der Waals surface area contributed by atoms with Crippen molar-refractivity contribution >= 4 is 17.6 Å². The van der Waals surface area contributed by atoms with Crippen molar-refractivity contribution in [1.82, 2.24) is 10.3 Å². The van der Waals surface area contributed by atoms with Crippen LogP contribution in [0.5, 0.6) is 0 Å². The first-order valence-electron chi connectivity index (χ1n) is 7.15. The summed E-state index contributed by atoms with van der Waals surface area (Å²) in [6.45, 7) is -0.456. The van der Waals surface area contributed by atoms with Gasteiger partial charge in [0.1, 0.15) is 29.0 Å². The van der Waals surface area contributed by atoms with Gasteiger partial charge in [0.15, 0.2) is 0 Å². The number of carbonyl (C=O) groups excluding carboxylic acids is 2. The second-order valence-corrected chi connectivity index (χ2v) is 5.28. The van der Waals surface area contributed by atoms with E-state index < -0.39 is 35.5 Å². The number of aromatic nitrogens is 1. The molecule has 8 heteroatoms. The van der Waals surface area contributed by atoms with Gasteiger partial charge >= 0.3 is 0 Å². The number of hydrogen-bond acceptors (Lipinski definition) is 3. The molecule has 2 N–H and O–H groups in total. The van der Waals surface area contributed by atoms with Crippen LogP contribution in [0.2, 0.25) is 0 Å². The number of halogens is 3. The molecule has 0 aliphatic carbocycles. The van der Waals surface area contributed by atoms with Gasteiger partial charge in [0.25, 0.3) is 5.91 Å². The quantitative estimate of drug-likeness (QED) is 0.904. The lowest BCUT2D eigenvalue weighted by molar-refractivity contribution is -0.116. The largest absolute Gasteiger partial charge is 0.346 e. The fourth-order valence-corrected chi connectivity index (χ4v) is 2.37. The Bertz CT molecular complexity index is 816. The Balaban J connectivity index is 1.74. The summed E-state index contributed by atoms with van der Waals surface area (Å²) in [5.74, 6) is -3.76. The van der Waals surface area contributed by atoms with Crippen LogP contribution in [0, 0.1) is 17.5 Å². The molecule has 5 nitrogen and oxygen atoms in total. The zero-order valence-electron chi connectivity index (χ0n) is 12.3. The topological polar surface area (TPSA) is 71.1 Å². The van der Waals surface area contributed by atoms with E-state index in [1.807, 2.05) is 0 Å². The van der Waals surface area contributed by atoms with E-state index in [9.17, 15) is 22.8 Å². The van der Waals surface area contributed by atoms with E-state index in [1.54, 1.807) is 6.07 Å². The third-order valence-corrected chi connectivity index (χ3v) is 3.62. The van der Waals surface area contributed by atoms with Gasteiger partial charge in [-0.15, -0.1) is 0 Å². The average molecular weight is 335 g/mol. The van der Waals surface area contributed by atoms with Crippen molar-refractivity contribution in [3.8, 4) is 0 Å². The van der Waals surface area contributed by atoms with E-state index in [2.05, 4.69) is 15.6 Å². The number of benzene rings is 1. The Morgan fingerprint density at radius 3 is 2.58 bits per heavy atom. The number of rotatable bonds is 3. The third-order valence-electron chi connectivity index (χ3n) is 3.62. The highest BCUT2D eigenvalue weighted by atomic mass is 19.1. The van der Waals surface area contributed by atoms with Gasteiger partial charge in [0.2, 0.25) is 5.91 Å². The number of amides is 2. The second kappa shape index (κ2) is 6.31. The maximum atomic E-state index is 13.5. The molecular formula is C16H12F3N3O2. The second-order valence-electron chi connectivity index (χ2n) is 5.28. The van der Waals surface area contributed by atoms with Crippen LogP contribution in [0.25, 0.3) is 0 Å². The lowest BCUT2D eigenvalue weighted by Gasteiger charge is -2.16. The van der Waals surface area contributed by atoms with E-state index in [1.165, 1.54) is 6.07 Å². The SMILES string of the molecule is O=C1CCc2ccc(C(=O)NCc3c(F)cc(F)cc3F)nc2N1. The van der Waals surface area contributed by atoms with Crippen molar-refractivity contribution in [3.63, 3.8) is 0 Å². The molecule has 0 atom stereocenters. The molecule has 1 aromatic carbocycles. The normalized spacial score (nSPS) is 13.2. The third kappa shape index (κ3) is 3.22. The summed E-state index contributed by atoms with van der Waals surface area (Å²) in [5, 5.41) is 4.88. The van der Waals surface area contributed by atoms with Gasteiger partial charge in [-0.3, -0.25) is 9.59 Å². The first-order valence-corrected chi connectivity index (χ1v) is 7.15. The van der Waals surface area contributed by atoms with Crippen LogP contribution in [0.1, 0.15) is 28.0 Å². The number of fused-ring (bicyclic) bond motifs is 1. The molecular weight excluding hydrogens is 323 g/mol. The summed E-state index contributed by atoms with van der Waals surface area (Å²) in [6, 6.07) is 4.20. The predicted octanol–water partition coefficient (Wildman–Crippen LogP) is 2.31. The molecule has 124 valence electrons. The fourth-order valence-electron chi connectivity index (χ4n) is 2.37. The smallest absolute Gasteiger partial charge is 0.270 e. The van der Waals surface area contributed by atoms with Gasteiger partial charge in [0, 0.05) is 30.7 Å². The van der Waals surface area contributed by atoms with Crippen LogP contribution < -0.4 is 10.6 Å². The Labute approximate surface area is 134 Å². The van der Waals surface area contributed by atoms with Crippen molar-refractivity contribution in [1.29, 1.82) is 0 Å². The average Bonchev–Trinajstić information content (AvgIpc) is 2.52. The minimum absolute atomic E-state index is 0.00104. The van der Waals surface area contributed by atoms with Gasteiger partial charge in [-0.25, -0.2) is 18.2 Å². The zero-order chi connectivity index (χ0) is 17.3. The van der Waals surface area contributed by atoms with Crippen LogP contribution in [0.4, 0.5) is 19.0 Å². The minimum atomic E-state index is -1.08. The Kier molecular flexibility index (Phi) is 4.20. The maximum absolute atomic E-state index is 13.5. The molecule has 3 rings (SSSR count). The van der Waals surface area contributed by atoms with E-state index in [0.717, 1.165) is 5.56 Å². The molecule has 0 spiro atoms. The number of carbonyl (C=O) groups is 2. The van der Waals surface area contributed by atoms with E-state index >= 15 is 0 Å². The zero-order valence-corrected chi connectivity index (χ0v) is 12.3. The molecule has 0 unspecified atom stereocenters. The molecule has 1 aliphatic rings. The molecule has 0 radical (unpaired) electrons. The summed E-state index contributed by atoms with van der Waals surface area (Å²) in [7, 11) is 0. The van der Waals surface area contributed by atoms with Crippen molar-refractivity contribution in [2.24, 2.45) is 0 Å². The first kappa shape index (κ1) is 16.0. The van der Waals surface area contributed by atoms with Crippen molar-refractivity contribution in [3.05, 3.63) is 58.5 Å². The molecule has 2 aromatic rings. The molecule has 2 amide bonds. The lowest BCUT2D eigenvalue weighted by atomic mass is 10.1. The summed E-state index contributed by atoms with van der Waals surface area (Å²) < 4.78 is 39.9. The monoisotopic (exact) mass is 335 g/mol. The minimum Gasteiger partial charge on any atom is -0.346 e. The van der Waals surface area contributed by atoms with E-state index in [4.69, 9.17) is 0 Å². The van der Waals surface area contributed by atoms with Crippen molar-refractivity contribution < 1.29 is 22.8 Å². The number of hydrogen-bond donors (Lipinski definition) is 2. The van der Waals surface area contributed by atoms with Gasteiger partial charge < -0.3 is 10.6 Å². The van der Waals surface area contributed by atoms with Gasteiger partial charge in [-0.1, -0.05) is 6.07 Å². The Morgan fingerprint density at radius 2 is 1.88 bits per heavy atom. The van der Waals surface area contributed by atoms with Crippen LogP contribution >= 0.6 is 0 Å². The Morgan fingerprint density at radius 1 is 1.17 bits per heavy atom. The van der Waals surface area contributed by atoms with Crippen molar-refractivity contribution in [2.75, 3.05) is 5.32 Å². The molecule has 24 heavy (non-hydrogen) atoms. The highest BCUT2D eigenvalue weighted by molar-refractivity contribution is 5.96.